The first-order valence-corrected chi connectivity index (χ1v) is 10.6. The number of nitrogens with one attached hydrogen (secondary N) is 1. The number of hydrogen-bond donors (Lipinski definition) is 2. The van der Waals surface area contributed by atoms with Crippen molar-refractivity contribution in [3.8, 4) is 11.6 Å². The molecule has 0 radical (unpaired) electrons. The molecule has 0 fully saturated rings. The van der Waals surface area contributed by atoms with E-state index < -0.39 is 29.6 Å². The Morgan fingerprint density at radius 1 is 1.14 bits per heavy atom. The topological polar surface area (TPSA) is 95.3 Å². The van der Waals surface area contributed by atoms with Gasteiger partial charge in [-0.05, 0) is 43.3 Å². The first kappa shape index (κ1) is 25.0. The van der Waals surface area contributed by atoms with Crippen LogP contribution in [0.4, 0.5) is 28.0 Å². The van der Waals surface area contributed by atoms with Crippen molar-refractivity contribution in [1.29, 1.82) is 0 Å². The van der Waals surface area contributed by atoms with Crippen molar-refractivity contribution < 1.29 is 36.1 Å². The summed E-state index contributed by atoms with van der Waals surface area (Å²) in [6.07, 6.45) is -3.53. The molecule has 2 aromatic carbocycles. The second-order valence-electron chi connectivity index (χ2n) is 7.49. The van der Waals surface area contributed by atoms with Crippen molar-refractivity contribution in [2.24, 2.45) is 0 Å². The number of aromatic nitrogens is 3. The van der Waals surface area contributed by atoms with E-state index in [9.17, 15) is 22.8 Å². The van der Waals surface area contributed by atoms with Gasteiger partial charge in [0.1, 0.15) is 12.2 Å². The number of halogens is 4. The highest BCUT2D eigenvalue weighted by Crippen LogP contribution is 2.33. The van der Waals surface area contributed by atoms with E-state index in [1.807, 2.05) is 0 Å². The molecule has 2 aromatic heterocycles. The van der Waals surface area contributed by atoms with Crippen molar-refractivity contribution in [2.75, 3.05) is 5.32 Å². The van der Waals surface area contributed by atoms with Crippen LogP contribution in [-0.4, -0.2) is 26.5 Å². The first-order valence-electron chi connectivity index (χ1n) is 10.2. The molecular formula is C23H16F4N4O4S. The molecule has 0 atom stereocenters. The summed E-state index contributed by atoms with van der Waals surface area (Å²) in [5.74, 6) is -1.66. The Balaban J connectivity index is 1.61. The van der Waals surface area contributed by atoms with Crippen LogP contribution in [0.5, 0.6) is 11.6 Å². The van der Waals surface area contributed by atoms with E-state index in [1.165, 1.54) is 42.6 Å². The number of ether oxygens (including phenoxy) is 1. The minimum Gasteiger partial charge on any atom is -0.436 e. The summed E-state index contributed by atoms with van der Waals surface area (Å²) in [7, 11) is 0. The molecule has 4 aromatic rings. The molecule has 0 aliphatic rings. The normalized spacial score (nSPS) is 11.4. The molecule has 0 bridgehead atoms. The van der Waals surface area contributed by atoms with Crippen LogP contribution in [0.3, 0.4) is 0 Å². The molecule has 186 valence electrons. The predicted molar refractivity (Wildman–Crippen MR) is 123 cm³/mol. The van der Waals surface area contributed by atoms with Crippen LogP contribution < -0.4 is 10.1 Å². The highest BCUT2D eigenvalue weighted by Gasteiger charge is 2.30. The minimum atomic E-state index is -4.57. The summed E-state index contributed by atoms with van der Waals surface area (Å²) in [5, 5.41) is 2.44. The van der Waals surface area contributed by atoms with Crippen LogP contribution >= 0.6 is 12.9 Å². The van der Waals surface area contributed by atoms with Crippen molar-refractivity contribution in [3.05, 3.63) is 77.6 Å². The number of amides is 1. The minimum absolute atomic E-state index is 0.0383. The van der Waals surface area contributed by atoms with E-state index in [1.54, 1.807) is 6.92 Å². The molecule has 0 aliphatic heterocycles. The van der Waals surface area contributed by atoms with E-state index in [-0.39, 0.29) is 40.5 Å². The van der Waals surface area contributed by atoms with Crippen molar-refractivity contribution >= 4 is 41.5 Å². The number of rotatable bonds is 5. The van der Waals surface area contributed by atoms with E-state index >= 15 is 4.39 Å². The van der Waals surface area contributed by atoms with Crippen LogP contribution in [-0.2, 0) is 21.6 Å². The van der Waals surface area contributed by atoms with Crippen LogP contribution in [0, 0.1) is 12.7 Å². The fourth-order valence-corrected chi connectivity index (χ4v) is 3.52. The lowest BCUT2D eigenvalue weighted by Crippen LogP contribution is -2.20. The summed E-state index contributed by atoms with van der Waals surface area (Å²) < 4.78 is 65.1. The number of aryl methyl sites for hydroxylation is 1. The number of carbonyl (C=O) groups is 2. The molecule has 0 spiro atoms. The quantitative estimate of drug-likeness (QED) is 0.199. The van der Waals surface area contributed by atoms with Gasteiger partial charge in [0.2, 0.25) is 5.88 Å². The molecule has 4 rings (SSSR count). The zero-order valence-corrected chi connectivity index (χ0v) is 19.2. The summed E-state index contributed by atoms with van der Waals surface area (Å²) in [5.41, 5.74) is -0.489. The lowest BCUT2D eigenvalue weighted by Gasteiger charge is -2.12. The van der Waals surface area contributed by atoms with Crippen LogP contribution in [0.15, 0.2) is 54.7 Å². The van der Waals surface area contributed by atoms with Gasteiger partial charge >= 0.3 is 18.2 Å². The van der Waals surface area contributed by atoms with Gasteiger partial charge in [-0.3, -0.25) is 9.36 Å². The van der Waals surface area contributed by atoms with Gasteiger partial charge in [0.15, 0.2) is 11.6 Å². The Kier molecular flexibility index (Phi) is 6.84. The van der Waals surface area contributed by atoms with Gasteiger partial charge < -0.3 is 14.2 Å². The monoisotopic (exact) mass is 520 g/mol. The molecule has 0 saturated heterocycles. The van der Waals surface area contributed by atoms with E-state index in [2.05, 4.69) is 32.4 Å². The first-order chi connectivity index (χ1) is 17.1. The maximum Gasteiger partial charge on any atom is 0.416 e. The van der Waals surface area contributed by atoms with Crippen molar-refractivity contribution in [2.45, 2.75) is 19.5 Å². The number of fused-ring (bicyclic) bond motifs is 1. The van der Waals surface area contributed by atoms with Crippen LogP contribution in [0.2, 0.25) is 0 Å². The van der Waals surface area contributed by atoms with Crippen molar-refractivity contribution in [3.63, 3.8) is 0 Å². The Morgan fingerprint density at radius 2 is 1.92 bits per heavy atom. The summed E-state index contributed by atoms with van der Waals surface area (Å²) in [6, 6.07) is 8.85. The number of anilines is 1. The zero-order chi connectivity index (χ0) is 26.0. The van der Waals surface area contributed by atoms with Gasteiger partial charge in [-0.2, -0.15) is 18.2 Å². The fraction of sp³-hybridized carbons (Fsp3) is 0.130. The predicted octanol–water partition coefficient (Wildman–Crippen LogP) is 5.70. The number of alkyl halides is 3. The molecule has 13 heteroatoms. The molecular weight excluding hydrogens is 504 g/mol. The Hall–Kier alpha value is -4.13. The maximum atomic E-state index is 15.3. The highest BCUT2D eigenvalue weighted by atomic mass is 32.1. The summed E-state index contributed by atoms with van der Waals surface area (Å²) >= 11 is 3.41. The number of benzene rings is 2. The standard InChI is InChI=1S/C23H16F4N4O4S/c1-12-9-15-16(31(12)22(33)29-14-4-2-3-13(10-14)23(25,26)27)5-6-17(21(15)24)34-19-7-8-28-18(30-19)11-20(32)35-36/h2-10,36H,11H2,1H3,(H,29,33). The number of nitrogens with zero attached hydrogens (tertiary/aromatic N) is 3. The second kappa shape index (κ2) is 9.85. The Morgan fingerprint density at radius 3 is 2.64 bits per heavy atom. The second-order valence-corrected chi connectivity index (χ2v) is 7.68. The van der Waals surface area contributed by atoms with Crippen LogP contribution in [0.25, 0.3) is 10.9 Å². The third kappa shape index (κ3) is 5.25. The Bertz CT molecular complexity index is 1470. The number of hydrogen-bond acceptors (Lipinski definition) is 7. The maximum absolute atomic E-state index is 15.3. The van der Waals surface area contributed by atoms with Crippen molar-refractivity contribution in [1.82, 2.24) is 14.5 Å². The fourth-order valence-electron chi connectivity index (χ4n) is 3.46. The van der Waals surface area contributed by atoms with Gasteiger partial charge in [0, 0.05) is 41.9 Å². The van der Waals surface area contributed by atoms with E-state index in [0.717, 1.165) is 16.7 Å². The largest absolute Gasteiger partial charge is 0.436 e. The lowest BCUT2D eigenvalue weighted by molar-refractivity contribution is -0.137. The number of carbonyl (C=O) groups excluding carboxylic acids is 2. The molecule has 0 unspecified atom stereocenters. The van der Waals surface area contributed by atoms with E-state index in [4.69, 9.17) is 4.74 Å². The number of thiol groups is 1. The van der Waals surface area contributed by atoms with Crippen LogP contribution in [0.1, 0.15) is 17.1 Å². The third-order valence-corrected chi connectivity index (χ3v) is 5.21. The third-order valence-electron chi connectivity index (χ3n) is 5.01. The molecule has 1 N–H and O–H groups in total. The van der Waals surface area contributed by atoms with E-state index in [0.29, 0.717) is 5.69 Å². The molecule has 0 aliphatic carbocycles. The molecule has 36 heavy (non-hydrogen) atoms. The van der Waals surface area contributed by atoms with Gasteiger partial charge in [-0.1, -0.05) is 6.07 Å². The lowest BCUT2D eigenvalue weighted by atomic mass is 10.2. The molecule has 0 saturated carbocycles. The SMILES string of the molecule is Cc1cc2c(F)c(Oc3ccnc(CC(=O)OS)n3)ccc2n1C(=O)Nc1cccc(C(F)(F)F)c1. The molecule has 2 heterocycles. The zero-order valence-electron chi connectivity index (χ0n) is 18.3. The van der Waals surface area contributed by atoms with Gasteiger partial charge in [-0.15, -0.1) is 0 Å². The summed E-state index contributed by atoms with van der Waals surface area (Å²) in [6.45, 7) is 1.54. The van der Waals surface area contributed by atoms with Gasteiger partial charge in [0.05, 0.1) is 11.1 Å². The molecule has 1 amide bonds. The Labute approximate surface area is 206 Å². The average molecular weight is 520 g/mol. The van der Waals surface area contributed by atoms with Gasteiger partial charge in [0.25, 0.3) is 0 Å². The summed E-state index contributed by atoms with van der Waals surface area (Å²) in [4.78, 5) is 32.1. The average Bonchev–Trinajstić information content (AvgIpc) is 3.17. The smallest absolute Gasteiger partial charge is 0.416 e. The molecule has 8 nitrogen and oxygen atoms in total. The van der Waals surface area contributed by atoms with Gasteiger partial charge in [-0.25, -0.2) is 14.2 Å². The highest BCUT2D eigenvalue weighted by molar-refractivity contribution is 7.75.